The highest BCUT2D eigenvalue weighted by Crippen LogP contribution is 2.39. The number of carboxylic acid groups (broad SMARTS) is 1. The Labute approximate surface area is 132 Å². The molecule has 2 aliphatic carbocycles. The molecule has 5 heteroatoms. The van der Waals surface area contributed by atoms with Gasteiger partial charge in [-0.05, 0) is 51.5 Å². The number of hydrogen-bond acceptors (Lipinski definition) is 3. The summed E-state index contributed by atoms with van der Waals surface area (Å²) < 4.78 is 0. The third-order valence-electron chi connectivity index (χ3n) is 6.09. The molecule has 1 heterocycles. The summed E-state index contributed by atoms with van der Waals surface area (Å²) in [5, 5.41) is 12.6. The van der Waals surface area contributed by atoms with Crippen LogP contribution in [0.25, 0.3) is 0 Å². The summed E-state index contributed by atoms with van der Waals surface area (Å²) in [5.74, 6) is 0.157. The molecule has 0 aromatic heterocycles. The van der Waals surface area contributed by atoms with E-state index in [1.165, 1.54) is 19.3 Å². The van der Waals surface area contributed by atoms with Crippen molar-refractivity contribution in [2.45, 2.75) is 75.9 Å². The number of nitrogens with zero attached hydrogens (tertiary/aromatic N) is 1. The van der Waals surface area contributed by atoms with Crippen molar-refractivity contribution in [2.24, 2.45) is 11.8 Å². The molecule has 1 saturated heterocycles. The highest BCUT2D eigenvalue weighted by molar-refractivity contribution is 5.79. The van der Waals surface area contributed by atoms with Crippen LogP contribution in [0.5, 0.6) is 0 Å². The van der Waals surface area contributed by atoms with Crippen molar-refractivity contribution in [3.8, 4) is 0 Å². The molecule has 4 unspecified atom stereocenters. The second-order valence-corrected chi connectivity index (χ2v) is 7.44. The number of rotatable bonds is 3. The second kappa shape index (κ2) is 6.57. The number of likely N-dealkylation sites (tertiary alicyclic amines) is 1. The lowest BCUT2D eigenvalue weighted by Crippen LogP contribution is -2.46. The third-order valence-corrected chi connectivity index (χ3v) is 6.09. The fraction of sp³-hybridized carbons (Fsp3) is 0.882. The van der Waals surface area contributed by atoms with Crippen LogP contribution in [-0.4, -0.2) is 47.1 Å². The molecule has 0 spiro atoms. The molecular weight excluding hydrogens is 280 g/mol. The van der Waals surface area contributed by atoms with E-state index in [1.54, 1.807) is 0 Å². The fourth-order valence-electron chi connectivity index (χ4n) is 4.81. The average Bonchev–Trinajstić information content (AvgIpc) is 2.85. The first kappa shape index (κ1) is 15.8. The van der Waals surface area contributed by atoms with Gasteiger partial charge in [0.15, 0.2) is 0 Å². The van der Waals surface area contributed by atoms with Gasteiger partial charge in [0.2, 0.25) is 5.91 Å². The predicted molar refractivity (Wildman–Crippen MR) is 83.4 cm³/mol. The Morgan fingerprint density at radius 1 is 1.05 bits per heavy atom. The van der Waals surface area contributed by atoms with Crippen molar-refractivity contribution in [3.05, 3.63) is 0 Å². The molecule has 0 aromatic carbocycles. The summed E-state index contributed by atoms with van der Waals surface area (Å²) in [6.45, 7) is 0. The Morgan fingerprint density at radius 2 is 1.77 bits per heavy atom. The van der Waals surface area contributed by atoms with Crippen molar-refractivity contribution in [2.75, 3.05) is 7.05 Å². The van der Waals surface area contributed by atoms with Gasteiger partial charge in [0, 0.05) is 18.0 Å². The number of fused-ring (bicyclic) bond motifs is 1. The minimum absolute atomic E-state index is 0.212. The highest BCUT2D eigenvalue weighted by Gasteiger charge is 2.45. The Morgan fingerprint density at radius 3 is 2.45 bits per heavy atom. The van der Waals surface area contributed by atoms with Gasteiger partial charge in [-0.25, -0.2) is 0 Å². The number of likely N-dealkylation sites (N-methyl/N-ethyl adjacent to an activating group) is 1. The lowest BCUT2D eigenvalue weighted by Gasteiger charge is -2.35. The molecule has 5 nitrogen and oxygen atoms in total. The highest BCUT2D eigenvalue weighted by atomic mass is 16.4. The maximum atomic E-state index is 12.4. The van der Waals surface area contributed by atoms with E-state index in [0.29, 0.717) is 12.0 Å². The van der Waals surface area contributed by atoms with Crippen LogP contribution in [0.2, 0.25) is 0 Å². The smallest absolute Gasteiger partial charge is 0.320 e. The molecule has 0 aromatic rings. The number of carbonyl (C=O) groups is 2. The van der Waals surface area contributed by atoms with Crippen LogP contribution in [0.3, 0.4) is 0 Å². The number of carbonyl (C=O) groups excluding carboxylic acids is 1. The zero-order chi connectivity index (χ0) is 15.7. The molecule has 0 bridgehead atoms. The van der Waals surface area contributed by atoms with E-state index >= 15 is 0 Å². The summed E-state index contributed by atoms with van der Waals surface area (Å²) in [7, 11) is 1.93. The zero-order valence-electron chi connectivity index (χ0n) is 13.5. The first-order valence-electron chi connectivity index (χ1n) is 8.81. The summed E-state index contributed by atoms with van der Waals surface area (Å²) in [4.78, 5) is 25.7. The summed E-state index contributed by atoms with van der Waals surface area (Å²) in [6.07, 6.45) is 9.35. The number of hydrogen-bond donors (Lipinski definition) is 2. The van der Waals surface area contributed by atoms with Crippen LogP contribution in [0.15, 0.2) is 0 Å². The molecular formula is C17H28N2O3. The van der Waals surface area contributed by atoms with E-state index in [-0.39, 0.29) is 23.9 Å². The van der Waals surface area contributed by atoms with E-state index in [4.69, 9.17) is 0 Å². The Bertz CT molecular complexity index is 434. The van der Waals surface area contributed by atoms with Crippen molar-refractivity contribution in [1.82, 2.24) is 10.2 Å². The SMILES string of the molecule is CN1C(C(=O)O)CC2CC(NC(=O)C3CCCCC3)CCC21. The maximum absolute atomic E-state index is 12.4. The van der Waals surface area contributed by atoms with E-state index in [1.807, 2.05) is 11.9 Å². The van der Waals surface area contributed by atoms with Crippen molar-refractivity contribution in [3.63, 3.8) is 0 Å². The van der Waals surface area contributed by atoms with Gasteiger partial charge in [0.25, 0.3) is 0 Å². The molecule has 22 heavy (non-hydrogen) atoms. The van der Waals surface area contributed by atoms with Crippen LogP contribution in [0.1, 0.15) is 57.8 Å². The number of aliphatic carboxylic acids is 1. The van der Waals surface area contributed by atoms with Crippen molar-refractivity contribution >= 4 is 11.9 Å². The van der Waals surface area contributed by atoms with Gasteiger partial charge >= 0.3 is 5.97 Å². The lowest BCUT2D eigenvalue weighted by atomic mass is 9.81. The monoisotopic (exact) mass is 308 g/mol. The minimum Gasteiger partial charge on any atom is -0.480 e. The van der Waals surface area contributed by atoms with Gasteiger partial charge in [-0.3, -0.25) is 14.5 Å². The van der Waals surface area contributed by atoms with Gasteiger partial charge in [-0.1, -0.05) is 19.3 Å². The zero-order valence-corrected chi connectivity index (χ0v) is 13.5. The fourth-order valence-corrected chi connectivity index (χ4v) is 4.81. The lowest BCUT2D eigenvalue weighted by molar-refractivity contribution is -0.142. The first-order chi connectivity index (χ1) is 10.6. The van der Waals surface area contributed by atoms with Crippen LogP contribution in [0.4, 0.5) is 0 Å². The Balaban J connectivity index is 1.53. The average molecular weight is 308 g/mol. The molecule has 4 atom stereocenters. The van der Waals surface area contributed by atoms with Crippen LogP contribution in [-0.2, 0) is 9.59 Å². The Kier molecular flexibility index (Phi) is 4.71. The summed E-state index contributed by atoms with van der Waals surface area (Å²) >= 11 is 0. The molecule has 1 aliphatic heterocycles. The number of carboxylic acids is 1. The second-order valence-electron chi connectivity index (χ2n) is 7.44. The van der Waals surface area contributed by atoms with Gasteiger partial charge in [0.05, 0.1) is 0 Å². The van der Waals surface area contributed by atoms with E-state index in [9.17, 15) is 14.7 Å². The van der Waals surface area contributed by atoms with Crippen molar-refractivity contribution in [1.29, 1.82) is 0 Å². The normalized spacial score (nSPS) is 36.8. The molecule has 124 valence electrons. The molecule has 0 radical (unpaired) electrons. The van der Waals surface area contributed by atoms with E-state index in [2.05, 4.69) is 5.32 Å². The number of amides is 1. The number of nitrogens with one attached hydrogen (secondary N) is 1. The molecule has 1 amide bonds. The summed E-state index contributed by atoms with van der Waals surface area (Å²) in [5.41, 5.74) is 0. The molecule has 3 rings (SSSR count). The van der Waals surface area contributed by atoms with E-state index in [0.717, 1.165) is 38.5 Å². The molecule has 2 saturated carbocycles. The van der Waals surface area contributed by atoms with Crippen molar-refractivity contribution < 1.29 is 14.7 Å². The van der Waals surface area contributed by atoms with Gasteiger partial charge in [-0.15, -0.1) is 0 Å². The predicted octanol–water partition coefficient (Wildman–Crippen LogP) is 2.01. The van der Waals surface area contributed by atoms with Gasteiger partial charge < -0.3 is 10.4 Å². The third kappa shape index (κ3) is 3.14. The van der Waals surface area contributed by atoms with Crippen LogP contribution >= 0.6 is 0 Å². The van der Waals surface area contributed by atoms with Crippen LogP contribution < -0.4 is 5.32 Å². The van der Waals surface area contributed by atoms with Gasteiger partial charge in [-0.2, -0.15) is 0 Å². The largest absolute Gasteiger partial charge is 0.480 e. The Hall–Kier alpha value is -1.10. The maximum Gasteiger partial charge on any atom is 0.320 e. The molecule has 2 N–H and O–H groups in total. The summed E-state index contributed by atoms with van der Waals surface area (Å²) in [6, 6.07) is 0.281. The topological polar surface area (TPSA) is 69.6 Å². The quantitative estimate of drug-likeness (QED) is 0.837. The minimum atomic E-state index is -0.709. The first-order valence-corrected chi connectivity index (χ1v) is 8.81. The van der Waals surface area contributed by atoms with Gasteiger partial charge in [0.1, 0.15) is 6.04 Å². The molecule has 3 aliphatic rings. The van der Waals surface area contributed by atoms with Crippen LogP contribution in [0, 0.1) is 11.8 Å². The molecule has 3 fully saturated rings. The standard InChI is InChI=1S/C17H28N2O3/c1-19-14-8-7-13(9-12(14)10-15(19)17(21)22)18-16(20)11-5-3-2-4-6-11/h11-15H,2-10H2,1H3,(H,18,20)(H,21,22). The van der Waals surface area contributed by atoms with E-state index < -0.39 is 5.97 Å².